The van der Waals surface area contributed by atoms with Crippen molar-refractivity contribution in [3.8, 4) is 0 Å². The summed E-state index contributed by atoms with van der Waals surface area (Å²) >= 11 is 0. The van der Waals surface area contributed by atoms with Crippen molar-refractivity contribution in [1.29, 1.82) is 0 Å². The Balaban J connectivity index is 3.40. The van der Waals surface area contributed by atoms with Crippen LogP contribution in [0.25, 0.3) is 0 Å². The number of hydrogen-bond acceptors (Lipinski definition) is 4. The third-order valence-electron chi connectivity index (χ3n) is 1.84. The number of hydrogen-bond donors (Lipinski definition) is 2. The summed E-state index contributed by atoms with van der Waals surface area (Å²) in [6.45, 7) is 6.60. The van der Waals surface area contributed by atoms with Crippen LogP contribution in [-0.2, 0) is 9.84 Å². The van der Waals surface area contributed by atoms with Gasteiger partial charge in [-0.05, 0) is 19.9 Å². The predicted molar refractivity (Wildman–Crippen MR) is 60.3 cm³/mol. The second-order valence-corrected chi connectivity index (χ2v) is 5.95. The maximum atomic E-state index is 10.8. The van der Waals surface area contributed by atoms with Gasteiger partial charge in [0.1, 0.15) is 9.84 Å². The molecule has 0 aliphatic heterocycles. The van der Waals surface area contributed by atoms with E-state index in [1.807, 2.05) is 6.92 Å². The van der Waals surface area contributed by atoms with E-state index < -0.39 is 9.84 Å². The fourth-order valence-corrected chi connectivity index (χ4v) is 1.55. The average Bonchev–Trinajstić information content (AvgIpc) is 2.02. The highest BCUT2D eigenvalue weighted by Gasteiger charge is 2.03. The van der Waals surface area contributed by atoms with Crippen LogP contribution in [-0.4, -0.2) is 46.1 Å². The van der Waals surface area contributed by atoms with Gasteiger partial charge in [-0.1, -0.05) is 6.92 Å². The SMILES string of the molecule is CCCNCC(C)NCCS(C)(=O)=O. The van der Waals surface area contributed by atoms with Crippen LogP contribution >= 0.6 is 0 Å². The molecule has 0 radical (unpaired) electrons. The van der Waals surface area contributed by atoms with Crippen molar-refractivity contribution in [3.05, 3.63) is 0 Å². The lowest BCUT2D eigenvalue weighted by atomic mass is 10.3. The highest BCUT2D eigenvalue weighted by atomic mass is 32.2. The van der Waals surface area contributed by atoms with E-state index in [1.165, 1.54) is 6.26 Å². The third kappa shape index (κ3) is 9.95. The molecule has 0 aromatic rings. The minimum Gasteiger partial charge on any atom is -0.315 e. The normalized spacial score (nSPS) is 14.2. The molecule has 0 aliphatic rings. The molecule has 0 aromatic carbocycles. The Morgan fingerprint density at radius 2 is 1.93 bits per heavy atom. The number of rotatable bonds is 8. The Bertz CT molecular complexity index is 227. The summed E-state index contributed by atoms with van der Waals surface area (Å²) in [6, 6.07) is 0.322. The summed E-state index contributed by atoms with van der Waals surface area (Å²) in [6.07, 6.45) is 2.38. The summed E-state index contributed by atoms with van der Waals surface area (Å²) in [5.41, 5.74) is 0. The van der Waals surface area contributed by atoms with Gasteiger partial charge in [0.2, 0.25) is 0 Å². The third-order valence-corrected chi connectivity index (χ3v) is 2.79. The fourth-order valence-electron chi connectivity index (χ4n) is 1.06. The molecular formula is C9H22N2O2S. The highest BCUT2D eigenvalue weighted by molar-refractivity contribution is 7.90. The summed E-state index contributed by atoms with van der Waals surface area (Å²) in [5, 5.41) is 6.43. The monoisotopic (exact) mass is 222 g/mol. The van der Waals surface area contributed by atoms with Crippen LogP contribution in [0.15, 0.2) is 0 Å². The van der Waals surface area contributed by atoms with Crippen molar-refractivity contribution in [3.63, 3.8) is 0 Å². The van der Waals surface area contributed by atoms with Crippen LogP contribution in [0, 0.1) is 0 Å². The van der Waals surface area contributed by atoms with Crippen molar-refractivity contribution in [2.45, 2.75) is 26.3 Å². The second-order valence-electron chi connectivity index (χ2n) is 3.69. The highest BCUT2D eigenvalue weighted by Crippen LogP contribution is 1.83. The fraction of sp³-hybridized carbons (Fsp3) is 1.00. The Kier molecular flexibility index (Phi) is 7.13. The molecule has 1 unspecified atom stereocenters. The minimum absolute atomic E-state index is 0.213. The van der Waals surface area contributed by atoms with Gasteiger partial charge >= 0.3 is 0 Å². The van der Waals surface area contributed by atoms with E-state index in [9.17, 15) is 8.42 Å². The first-order valence-electron chi connectivity index (χ1n) is 5.07. The van der Waals surface area contributed by atoms with Gasteiger partial charge in [-0.2, -0.15) is 0 Å². The minimum atomic E-state index is -2.83. The van der Waals surface area contributed by atoms with Gasteiger partial charge in [0.05, 0.1) is 5.75 Å². The van der Waals surface area contributed by atoms with E-state index in [0.717, 1.165) is 19.5 Å². The lowest BCUT2D eigenvalue weighted by molar-refractivity contribution is 0.512. The smallest absolute Gasteiger partial charge is 0.148 e. The standard InChI is InChI=1S/C9H22N2O2S/c1-4-5-10-8-9(2)11-6-7-14(3,12)13/h9-11H,4-8H2,1-3H3. The molecule has 2 N–H and O–H groups in total. The summed E-state index contributed by atoms with van der Waals surface area (Å²) in [4.78, 5) is 0. The number of sulfone groups is 1. The van der Waals surface area contributed by atoms with Gasteiger partial charge in [0.25, 0.3) is 0 Å². The zero-order valence-electron chi connectivity index (χ0n) is 9.34. The molecule has 5 heteroatoms. The van der Waals surface area contributed by atoms with E-state index in [2.05, 4.69) is 17.6 Å². The molecule has 0 spiro atoms. The molecule has 0 amide bonds. The van der Waals surface area contributed by atoms with Crippen LogP contribution in [0.3, 0.4) is 0 Å². The van der Waals surface area contributed by atoms with Crippen LogP contribution in [0.4, 0.5) is 0 Å². The molecule has 0 fully saturated rings. The number of nitrogens with one attached hydrogen (secondary N) is 2. The zero-order chi connectivity index (χ0) is 11.0. The average molecular weight is 222 g/mol. The van der Waals surface area contributed by atoms with E-state index >= 15 is 0 Å². The van der Waals surface area contributed by atoms with Crippen molar-refractivity contribution in [2.24, 2.45) is 0 Å². The molecule has 0 bridgehead atoms. The molecule has 4 nitrogen and oxygen atoms in total. The van der Waals surface area contributed by atoms with E-state index in [-0.39, 0.29) is 5.75 Å². The largest absolute Gasteiger partial charge is 0.315 e. The second kappa shape index (κ2) is 7.20. The van der Waals surface area contributed by atoms with Crippen LogP contribution in [0.2, 0.25) is 0 Å². The van der Waals surface area contributed by atoms with Gasteiger partial charge in [-0.15, -0.1) is 0 Å². The Hall–Kier alpha value is -0.130. The van der Waals surface area contributed by atoms with Gasteiger partial charge in [-0.3, -0.25) is 0 Å². The van der Waals surface area contributed by atoms with Crippen LogP contribution in [0.5, 0.6) is 0 Å². The summed E-state index contributed by atoms with van der Waals surface area (Å²) in [7, 11) is -2.83. The molecule has 0 aromatic heterocycles. The molecule has 0 saturated heterocycles. The van der Waals surface area contributed by atoms with Gasteiger partial charge in [0, 0.05) is 25.4 Å². The zero-order valence-corrected chi connectivity index (χ0v) is 10.2. The van der Waals surface area contributed by atoms with E-state index in [1.54, 1.807) is 0 Å². The lowest BCUT2D eigenvalue weighted by Gasteiger charge is -2.13. The Morgan fingerprint density at radius 3 is 2.43 bits per heavy atom. The van der Waals surface area contributed by atoms with Gasteiger partial charge in [0.15, 0.2) is 0 Å². The molecule has 0 saturated carbocycles. The first kappa shape index (κ1) is 13.9. The van der Waals surface area contributed by atoms with Gasteiger partial charge in [-0.25, -0.2) is 8.42 Å². The van der Waals surface area contributed by atoms with E-state index in [4.69, 9.17) is 0 Å². The molecule has 86 valence electrons. The lowest BCUT2D eigenvalue weighted by Crippen LogP contribution is -2.38. The van der Waals surface area contributed by atoms with Crippen LogP contribution < -0.4 is 10.6 Å². The first-order valence-corrected chi connectivity index (χ1v) is 7.13. The summed E-state index contributed by atoms with van der Waals surface area (Å²) < 4.78 is 21.6. The summed E-state index contributed by atoms with van der Waals surface area (Å²) in [5.74, 6) is 0.213. The maximum absolute atomic E-state index is 10.8. The first-order chi connectivity index (χ1) is 6.45. The predicted octanol–water partition coefficient (Wildman–Crippen LogP) is 0.00870. The van der Waals surface area contributed by atoms with Gasteiger partial charge < -0.3 is 10.6 Å². The van der Waals surface area contributed by atoms with E-state index in [0.29, 0.717) is 12.6 Å². The molecule has 0 aliphatic carbocycles. The molecule has 14 heavy (non-hydrogen) atoms. The molecule has 0 heterocycles. The maximum Gasteiger partial charge on any atom is 0.148 e. The molecule has 0 rings (SSSR count). The van der Waals surface area contributed by atoms with Crippen LogP contribution in [0.1, 0.15) is 20.3 Å². The molecular weight excluding hydrogens is 200 g/mol. The van der Waals surface area contributed by atoms with Crippen molar-refractivity contribution in [1.82, 2.24) is 10.6 Å². The topological polar surface area (TPSA) is 58.2 Å². The molecule has 1 atom stereocenters. The Labute approximate surface area is 87.4 Å². The van der Waals surface area contributed by atoms with Crippen molar-refractivity contribution in [2.75, 3.05) is 31.6 Å². The van der Waals surface area contributed by atoms with Crippen molar-refractivity contribution >= 4 is 9.84 Å². The van der Waals surface area contributed by atoms with Crippen molar-refractivity contribution < 1.29 is 8.42 Å². The Morgan fingerprint density at radius 1 is 1.29 bits per heavy atom. The quantitative estimate of drug-likeness (QED) is 0.568.